The lowest BCUT2D eigenvalue weighted by Gasteiger charge is -2.15. The largest absolute Gasteiger partial charge is 0.389 e. The third-order valence-electron chi connectivity index (χ3n) is 3.43. The summed E-state index contributed by atoms with van der Waals surface area (Å²) >= 11 is 5.20. The van der Waals surface area contributed by atoms with Gasteiger partial charge in [0.15, 0.2) is 5.82 Å². The minimum Gasteiger partial charge on any atom is -0.389 e. The van der Waals surface area contributed by atoms with Gasteiger partial charge in [0, 0.05) is 19.4 Å². The van der Waals surface area contributed by atoms with E-state index in [1.807, 2.05) is 24.7 Å². The van der Waals surface area contributed by atoms with Gasteiger partial charge < -0.3 is 15.6 Å². The van der Waals surface area contributed by atoms with E-state index in [4.69, 9.17) is 18.0 Å². The first-order valence-electron chi connectivity index (χ1n) is 6.96. The Morgan fingerprint density at radius 2 is 2.10 bits per heavy atom. The van der Waals surface area contributed by atoms with Gasteiger partial charge in [0.1, 0.15) is 10.8 Å². The molecule has 2 heterocycles. The van der Waals surface area contributed by atoms with Crippen LogP contribution in [0.3, 0.4) is 0 Å². The van der Waals surface area contributed by atoms with Crippen molar-refractivity contribution in [2.45, 2.75) is 33.2 Å². The molecule has 0 saturated heterocycles. The molecule has 0 radical (unpaired) electrons. The monoisotopic (exact) mass is 304 g/mol. The normalized spacial score (nSPS) is 10.6. The maximum absolute atomic E-state index is 5.90. The van der Waals surface area contributed by atoms with Crippen LogP contribution in [0.15, 0.2) is 12.4 Å². The summed E-state index contributed by atoms with van der Waals surface area (Å²) in [6, 6.07) is 0. The molecule has 0 unspecified atom stereocenters. The Labute approximate surface area is 129 Å². The molecule has 112 valence electrons. The summed E-state index contributed by atoms with van der Waals surface area (Å²) in [5, 5.41) is 11.8. The van der Waals surface area contributed by atoms with E-state index in [9.17, 15) is 0 Å². The number of aromatic nitrogens is 4. The molecule has 0 aliphatic rings. The highest BCUT2D eigenvalue weighted by Crippen LogP contribution is 2.21. The van der Waals surface area contributed by atoms with Gasteiger partial charge in [-0.05, 0) is 18.4 Å². The van der Waals surface area contributed by atoms with Gasteiger partial charge in [0.05, 0.1) is 17.8 Å². The predicted molar refractivity (Wildman–Crippen MR) is 87.2 cm³/mol. The van der Waals surface area contributed by atoms with Crippen molar-refractivity contribution in [3.63, 3.8) is 0 Å². The summed E-state index contributed by atoms with van der Waals surface area (Å²) in [7, 11) is 1.95. The summed E-state index contributed by atoms with van der Waals surface area (Å²) in [5.74, 6) is 1.53. The smallest absolute Gasteiger partial charge is 0.159 e. The van der Waals surface area contributed by atoms with Crippen LogP contribution in [-0.2, 0) is 26.4 Å². The zero-order valence-corrected chi connectivity index (χ0v) is 13.4. The number of hydrogen-bond acceptors (Lipinski definition) is 5. The molecule has 2 rings (SSSR count). The van der Waals surface area contributed by atoms with Crippen molar-refractivity contribution in [3.05, 3.63) is 35.0 Å². The van der Waals surface area contributed by atoms with E-state index < -0.39 is 0 Å². The molecule has 0 atom stereocenters. The topological polar surface area (TPSA) is 81.7 Å². The molecule has 7 heteroatoms. The molecule has 0 aromatic carbocycles. The summed E-state index contributed by atoms with van der Waals surface area (Å²) in [6.07, 6.45) is 5.29. The van der Waals surface area contributed by atoms with Crippen LogP contribution in [0.5, 0.6) is 0 Å². The molecular weight excluding hydrogens is 284 g/mol. The van der Waals surface area contributed by atoms with Gasteiger partial charge in [-0.3, -0.25) is 0 Å². The van der Waals surface area contributed by atoms with Gasteiger partial charge in [-0.15, -0.1) is 5.10 Å². The van der Waals surface area contributed by atoms with Gasteiger partial charge in [0.25, 0.3) is 0 Å². The van der Waals surface area contributed by atoms with Crippen molar-refractivity contribution in [2.24, 2.45) is 12.8 Å². The van der Waals surface area contributed by atoms with Crippen molar-refractivity contribution >= 4 is 23.0 Å². The van der Waals surface area contributed by atoms with Gasteiger partial charge >= 0.3 is 0 Å². The maximum atomic E-state index is 5.90. The Hall–Kier alpha value is -2.02. The molecule has 2 aromatic rings. The highest BCUT2D eigenvalue weighted by Gasteiger charge is 2.16. The van der Waals surface area contributed by atoms with E-state index in [-0.39, 0.29) is 0 Å². The van der Waals surface area contributed by atoms with Crippen LogP contribution in [0.2, 0.25) is 0 Å². The summed E-state index contributed by atoms with van der Waals surface area (Å²) < 4.78 is 1.95. The Morgan fingerprint density at radius 3 is 2.62 bits per heavy atom. The standard InChI is InChI=1S/C14H20N6S/c1-4-9-10(5-2)18-19-14(12(9)13(15)21)17-8-11-16-6-7-20(11)3/h6-7H,4-5,8H2,1-3H3,(H2,15,21)(H,17,19). The number of nitrogens with two attached hydrogens (primary N) is 1. The van der Waals surface area contributed by atoms with Crippen molar-refractivity contribution in [1.82, 2.24) is 19.7 Å². The molecule has 0 aliphatic heterocycles. The van der Waals surface area contributed by atoms with E-state index in [1.165, 1.54) is 0 Å². The Bertz CT molecular complexity index is 649. The molecule has 0 amide bonds. The minimum absolute atomic E-state index is 0.346. The fourth-order valence-electron chi connectivity index (χ4n) is 2.29. The number of rotatable bonds is 6. The third kappa shape index (κ3) is 3.18. The Balaban J connectivity index is 2.34. The summed E-state index contributed by atoms with van der Waals surface area (Å²) in [6.45, 7) is 4.66. The fourth-order valence-corrected chi connectivity index (χ4v) is 2.51. The van der Waals surface area contributed by atoms with Crippen molar-refractivity contribution in [3.8, 4) is 0 Å². The van der Waals surface area contributed by atoms with Crippen molar-refractivity contribution in [1.29, 1.82) is 0 Å². The van der Waals surface area contributed by atoms with E-state index >= 15 is 0 Å². The lowest BCUT2D eigenvalue weighted by Crippen LogP contribution is -2.20. The molecule has 21 heavy (non-hydrogen) atoms. The second kappa shape index (κ2) is 6.62. The molecule has 0 bridgehead atoms. The average Bonchev–Trinajstić information content (AvgIpc) is 2.88. The predicted octanol–water partition coefficient (Wildman–Crippen LogP) is 1.58. The minimum atomic E-state index is 0.346. The highest BCUT2D eigenvalue weighted by atomic mass is 32.1. The zero-order chi connectivity index (χ0) is 15.4. The number of imidazole rings is 1. The van der Waals surface area contributed by atoms with Gasteiger partial charge in [0.2, 0.25) is 0 Å². The van der Waals surface area contributed by atoms with E-state index in [0.717, 1.165) is 35.5 Å². The quantitative estimate of drug-likeness (QED) is 0.789. The zero-order valence-electron chi connectivity index (χ0n) is 12.6. The lowest BCUT2D eigenvalue weighted by atomic mass is 10.0. The van der Waals surface area contributed by atoms with Gasteiger partial charge in [-0.25, -0.2) is 4.98 Å². The first-order chi connectivity index (χ1) is 10.1. The Morgan fingerprint density at radius 1 is 1.33 bits per heavy atom. The first-order valence-corrected chi connectivity index (χ1v) is 7.37. The molecule has 6 nitrogen and oxygen atoms in total. The average molecular weight is 304 g/mol. The van der Waals surface area contributed by atoms with Crippen LogP contribution in [0.4, 0.5) is 5.82 Å². The number of aryl methyl sites for hydroxylation is 2. The van der Waals surface area contributed by atoms with E-state index in [2.05, 4.69) is 27.4 Å². The third-order valence-corrected chi connectivity index (χ3v) is 3.63. The van der Waals surface area contributed by atoms with Crippen molar-refractivity contribution in [2.75, 3.05) is 5.32 Å². The Kier molecular flexibility index (Phi) is 4.85. The molecule has 2 aromatic heterocycles. The molecule has 0 fully saturated rings. The van der Waals surface area contributed by atoms with E-state index in [0.29, 0.717) is 17.4 Å². The SMILES string of the molecule is CCc1nnc(NCc2nccn2C)c(C(N)=S)c1CC. The fraction of sp³-hybridized carbons (Fsp3) is 0.429. The van der Waals surface area contributed by atoms with E-state index in [1.54, 1.807) is 6.20 Å². The van der Waals surface area contributed by atoms with Crippen LogP contribution in [0.1, 0.15) is 36.5 Å². The number of hydrogen-bond donors (Lipinski definition) is 2. The lowest BCUT2D eigenvalue weighted by molar-refractivity contribution is 0.803. The number of thiocarbonyl (C=S) groups is 1. The molecular formula is C14H20N6S. The number of nitrogens with zero attached hydrogens (tertiary/aromatic N) is 4. The summed E-state index contributed by atoms with van der Waals surface area (Å²) in [5.41, 5.74) is 8.71. The van der Waals surface area contributed by atoms with Crippen LogP contribution in [-0.4, -0.2) is 24.7 Å². The molecule has 0 aliphatic carbocycles. The van der Waals surface area contributed by atoms with Crippen molar-refractivity contribution < 1.29 is 0 Å². The second-order valence-electron chi connectivity index (χ2n) is 4.73. The van der Waals surface area contributed by atoms with Crippen LogP contribution in [0, 0.1) is 0 Å². The number of anilines is 1. The van der Waals surface area contributed by atoms with Crippen LogP contribution < -0.4 is 11.1 Å². The van der Waals surface area contributed by atoms with Crippen LogP contribution in [0.25, 0.3) is 0 Å². The van der Waals surface area contributed by atoms with Crippen LogP contribution >= 0.6 is 12.2 Å². The molecule has 0 saturated carbocycles. The second-order valence-corrected chi connectivity index (χ2v) is 5.17. The molecule has 3 N–H and O–H groups in total. The number of nitrogens with one attached hydrogen (secondary N) is 1. The highest BCUT2D eigenvalue weighted by molar-refractivity contribution is 7.80. The first kappa shape index (κ1) is 15.4. The van der Waals surface area contributed by atoms with Gasteiger partial charge in [-0.2, -0.15) is 5.10 Å². The molecule has 0 spiro atoms. The maximum Gasteiger partial charge on any atom is 0.159 e. The van der Waals surface area contributed by atoms with Gasteiger partial charge in [-0.1, -0.05) is 26.1 Å². The summed E-state index contributed by atoms with van der Waals surface area (Å²) in [4.78, 5) is 4.62.